The third kappa shape index (κ3) is 9.81. The number of fused-ring (bicyclic) bond motifs is 1. The van der Waals surface area contributed by atoms with Crippen LogP contribution in [0.25, 0.3) is 10.6 Å². The predicted molar refractivity (Wildman–Crippen MR) is 127 cm³/mol. The highest BCUT2D eigenvalue weighted by atomic mass is 79.9. The van der Waals surface area contributed by atoms with Gasteiger partial charge in [-0.2, -0.15) is 0 Å². The molecule has 3 rings (SSSR count). The van der Waals surface area contributed by atoms with Gasteiger partial charge in [-0.25, -0.2) is 0 Å². The van der Waals surface area contributed by atoms with E-state index in [0.29, 0.717) is 6.42 Å². The van der Waals surface area contributed by atoms with Crippen molar-refractivity contribution in [3.63, 3.8) is 0 Å². The number of nitrogens with zero attached hydrogens (tertiary/aromatic N) is 1. The molecular weight excluding hydrogens is 428 g/mol. The number of carbonyl (C=O) groups excluding carboxylic acids is 1. The minimum atomic E-state index is -0.145. The summed E-state index contributed by atoms with van der Waals surface area (Å²) in [7, 11) is 2.09. The molecule has 1 saturated carbocycles. The molecule has 0 aliphatic heterocycles. The summed E-state index contributed by atoms with van der Waals surface area (Å²) in [6, 6.07) is 0. The number of allylic oxidation sites excluding steroid dienone is 2. The van der Waals surface area contributed by atoms with Gasteiger partial charge in [0.15, 0.2) is 0 Å². The summed E-state index contributed by atoms with van der Waals surface area (Å²) in [5, 5.41) is 10.2. The topological polar surface area (TPSA) is 68.2 Å². The highest BCUT2D eigenvalue weighted by Crippen LogP contribution is 2.26. The Balaban J connectivity index is 0.000000256. The van der Waals surface area contributed by atoms with Crippen LogP contribution in [0.15, 0.2) is 18.3 Å². The maximum atomic E-state index is 10.5. The van der Waals surface area contributed by atoms with Crippen LogP contribution in [0.5, 0.6) is 0 Å². The van der Waals surface area contributed by atoms with Crippen molar-refractivity contribution in [2.45, 2.75) is 78.1 Å². The van der Waals surface area contributed by atoms with Gasteiger partial charge in [0.05, 0.1) is 0 Å². The second-order valence-electron chi connectivity index (χ2n) is 7.91. The van der Waals surface area contributed by atoms with Crippen molar-refractivity contribution >= 4 is 32.4 Å². The van der Waals surface area contributed by atoms with Gasteiger partial charge in [-0.1, -0.05) is 72.7 Å². The molecule has 5 heteroatoms. The molecule has 1 aromatic rings. The van der Waals surface area contributed by atoms with E-state index < -0.39 is 0 Å². The Labute approximate surface area is 184 Å². The minimum absolute atomic E-state index is 0.145. The van der Waals surface area contributed by atoms with Crippen molar-refractivity contribution < 1.29 is 9.90 Å². The Morgan fingerprint density at radius 2 is 1.90 bits per heavy atom. The van der Waals surface area contributed by atoms with Gasteiger partial charge in [-0.15, -0.1) is 0 Å². The number of nitrogens with two attached hydrogens (primary N) is 1. The van der Waals surface area contributed by atoms with Gasteiger partial charge in [0.1, 0.15) is 0 Å². The van der Waals surface area contributed by atoms with E-state index in [1.54, 1.807) is 6.92 Å². The van der Waals surface area contributed by atoms with Gasteiger partial charge >= 0.3 is 0 Å². The number of halogens is 1. The normalized spacial score (nSPS) is 16.2. The molecular formula is C24H39BrN2O2. The number of carbonyl (C=O) groups is 1. The second kappa shape index (κ2) is 14.6. The number of amides is 1. The van der Waals surface area contributed by atoms with E-state index in [9.17, 15) is 4.79 Å². The zero-order valence-electron chi connectivity index (χ0n) is 18.4. The van der Waals surface area contributed by atoms with Gasteiger partial charge in [0.25, 0.3) is 0 Å². The minimum Gasteiger partial charge on any atom is -0.397 e. The fourth-order valence-electron chi connectivity index (χ4n) is 4.01. The molecule has 0 unspecified atom stereocenters. The molecule has 1 amide bonds. The molecule has 2 aliphatic rings. The second-order valence-corrected chi connectivity index (χ2v) is 8.76. The first kappa shape index (κ1) is 25.7. The average molecular weight is 467 g/mol. The molecule has 0 spiro atoms. The highest BCUT2D eigenvalue weighted by molar-refractivity contribution is 9.15. The Kier molecular flexibility index (Phi) is 13.0. The summed E-state index contributed by atoms with van der Waals surface area (Å²) < 4.78 is 3.37. The molecule has 29 heavy (non-hydrogen) atoms. The van der Waals surface area contributed by atoms with Crippen molar-refractivity contribution in [3.05, 3.63) is 34.5 Å². The van der Waals surface area contributed by atoms with Gasteiger partial charge < -0.3 is 15.4 Å². The van der Waals surface area contributed by atoms with Gasteiger partial charge in [0, 0.05) is 41.3 Å². The number of aromatic nitrogens is 1. The summed E-state index contributed by atoms with van der Waals surface area (Å²) in [5.74, 6) is 0.732. The average Bonchev–Trinajstić information content (AvgIpc) is 2.87. The van der Waals surface area contributed by atoms with E-state index in [1.807, 2.05) is 0 Å². The SMILES string of the molecule is CCO.Cc1cn(C)c2c1=C(Br)C=CCC=2.NC(=O)CCCC1CCCCCC1. The van der Waals surface area contributed by atoms with E-state index in [4.69, 9.17) is 10.8 Å². The molecule has 164 valence electrons. The number of aliphatic hydroxyl groups excluding tert-OH is 1. The third-order valence-corrected chi connectivity index (χ3v) is 6.04. The van der Waals surface area contributed by atoms with Gasteiger partial charge in [0.2, 0.25) is 5.91 Å². The van der Waals surface area contributed by atoms with Gasteiger partial charge in [-0.3, -0.25) is 4.79 Å². The standard InChI is InChI=1S/C11H12BrN.C11H21NO.C2H6O/c1-8-7-13(2)10-6-4-3-5-9(12)11(8)10;12-11(13)9-5-8-10-6-3-1-2-4-7-10;1-2-3/h3,5-7H,4H2,1-2H3;10H,1-9H2,(H2,12,13);3H,2H2,1H3. The fraction of sp³-hybridized carbons (Fsp3) is 0.625. The van der Waals surface area contributed by atoms with Crippen LogP contribution in [0, 0.1) is 12.8 Å². The summed E-state index contributed by atoms with van der Waals surface area (Å²) in [6.07, 6.45) is 20.9. The Hall–Kier alpha value is -1.33. The van der Waals surface area contributed by atoms with Gasteiger partial charge in [-0.05, 0) is 44.6 Å². The lowest BCUT2D eigenvalue weighted by Gasteiger charge is -2.12. The highest BCUT2D eigenvalue weighted by Gasteiger charge is 2.11. The maximum absolute atomic E-state index is 10.5. The molecule has 0 radical (unpaired) electrons. The van der Waals surface area contributed by atoms with Crippen LogP contribution in [0.2, 0.25) is 0 Å². The number of aryl methyl sites for hydroxylation is 2. The molecule has 0 bridgehead atoms. The van der Waals surface area contributed by atoms with Crippen molar-refractivity contribution in [2.24, 2.45) is 18.7 Å². The predicted octanol–water partition coefficient (Wildman–Crippen LogP) is 4.19. The largest absolute Gasteiger partial charge is 0.397 e. The van der Waals surface area contributed by atoms with E-state index in [1.165, 1.54) is 65.6 Å². The monoisotopic (exact) mass is 466 g/mol. The van der Waals surface area contributed by atoms with Crippen LogP contribution in [0.4, 0.5) is 0 Å². The Bertz CT molecular complexity index is 757. The Morgan fingerprint density at radius 3 is 2.48 bits per heavy atom. The summed E-state index contributed by atoms with van der Waals surface area (Å²) >= 11 is 3.60. The zero-order chi connectivity index (χ0) is 21.6. The van der Waals surface area contributed by atoms with Crippen LogP contribution in [-0.2, 0) is 11.8 Å². The van der Waals surface area contributed by atoms with Crippen LogP contribution >= 0.6 is 15.9 Å². The lowest BCUT2D eigenvalue weighted by atomic mass is 9.94. The maximum Gasteiger partial charge on any atom is 0.217 e. The van der Waals surface area contributed by atoms with Crippen molar-refractivity contribution in [3.8, 4) is 0 Å². The molecule has 0 aromatic carbocycles. The smallest absolute Gasteiger partial charge is 0.217 e. The first-order chi connectivity index (χ1) is 13.9. The fourth-order valence-corrected chi connectivity index (χ4v) is 4.71. The molecule has 0 saturated heterocycles. The van der Waals surface area contributed by atoms with E-state index in [0.717, 1.165) is 18.8 Å². The zero-order valence-corrected chi connectivity index (χ0v) is 20.0. The summed E-state index contributed by atoms with van der Waals surface area (Å²) in [5.41, 5.74) is 6.43. The number of rotatable bonds is 4. The lowest BCUT2D eigenvalue weighted by Crippen LogP contribution is -2.28. The first-order valence-corrected chi connectivity index (χ1v) is 11.8. The molecule has 1 fully saturated rings. The number of aliphatic hydroxyl groups is 1. The number of hydrogen-bond acceptors (Lipinski definition) is 2. The van der Waals surface area contributed by atoms with Crippen LogP contribution in [0.3, 0.4) is 0 Å². The van der Waals surface area contributed by atoms with E-state index >= 15 is 0 Å². The van der Waals surface area contributed by atoms with Crippen LogP contribution in [-0.4, -0.2) is 22.2 Å². The summed E-state index contributed by atoms with van der Waals surface area (Å²) in [4.78, 5) is 10.5. The van der Waals surface area contributed by atoms with Crippen molar-refractivity contribution in [1.82, 2.24) is 4.57 Å². The molecule has 2 aliphatic carbocycles. The number of primary amides is 1. The number of hydrogen-bond donors (Lipinski definition) is 2. The van der Waals surface area contributed by atoms with Crippen molar-refractivity contribution in [2.75, 3.05) is 6.61 Å². The van der Waals surface area contributed by atoms with Crippen molar-refractivity contribution in [1.29, 1.82) is 0 Å². The molecule has 0 atom stereocenters. The van der Waals surface area contributed by atoms with Crippen LogP contribution < -0.4 is 16.3 Å². The van der Waals surface area contributed by atoms with E-state index in [-0.39, 0.29) is 12.5 Å². The Morgan fingerprint density at radius 1 is 1.28 bits per heavy atom. The van der Waals surface area contributed by atoms with Crippen LogP contribution in [0.1, 0.15) is 76.7 Å². The molecule has 1 heterocycles. The van der Waals surface area contributed by atoms with E-state index in [2.05, 4.69) is 58.9 Å². The molecule has 3 N–H and O–H groups in total. The molecule has 4 nitrogen and oxygen atoms in total. The quantitative estimate of drug-likeness (QED) is 0.653. The summed E-state index contributed by atoms with van der Waals surface area (Å²) in [6.45, 7) is 4.08. The lowest BCUT2D eigenvalue weighted by molar-refractivity contribution is -0.118. The third-order valence-electron chi connectivity index (χ3n) is 5.38. The molecule has 1 aromatic heterocycles. The first-order valence-electron chi connectivity index (χ1n) is 11.0.